The number of hydrogen-bond donors (Lipinski definition) is 1. The van der Waals surface area contributed by atoms with Crippen LogP contribution in [0.15, 0.2) is 48.7 Å². The van der Waals surface area contributed by atoms with E-state index >= 15 is 0 Å². The van der Waals surface area contributed by atoms with Gasteiger partial charge in [-0.1, -0.05) is 18.9 Å². The van der Waals surface area contributed by atoms with Gasteiger partial charge in [0.1, 0.15) is 5.82 Å². The lowest BCUT2D eigenvalue weighted by Crippen LogP contribution is -2.45. The molecular weight excluding hydrogens is 393 g/mol. The van der Waals surface area contributed by atoms with Crippen molar-refractivity contribution in [2.45, 2.75) is 51.0 Å². The highest BCUT2D eigenvalue weighted by Gasteiger charge is 2.33. The molecule has 2 amide bonds. The summed E-state index contributed by atoms with van der Waals surface area (Å²) in [6, 6.07) is 11.2. The van der Waals surface area contributed by atoms with Crippen LogP contribution < -0.4 is 5.32 Å². The van der Waals surface area contributed by atoms with E-state index in [1.54, 1.807) is 6.20 Å². The van der Waals surface area contributed by atoms with Gasteiger partial charge in [0.25, 0.3) is 5.91 Å². The molecule has 5 nitrogen and oxygen atoms in total. The standard InChI is InChI=1S/C25H30FN3O2/c26-21-12-10-19(11-13-21)25(31)29-15-5-8-20(17-29)24(22-9-3-4-14-27-22)28-23(30)16-18-6-1-2-7-18/h3-4,9-14,18,20,24H,1-2,5-8,15-17H2,(H,28,30). The molecule has 2 aromatic rings. The van der Waals surface area contributed by atoms with Crippen LogP contribution in [0, 0.1) is 17.7 Å². The van der Waals surface area contributed by atoms with Crippen LogP contribution in [0.2, 0.25) is 0 Å². The Morgan fingerprint density at radius 2 is 1.84 bits per heavy atom. The highest BCUT2D eigenvalue weighted by molar-refractivity contribution is 5.94. The largest absolute Gasteiger partial charge is 0.347 e. The minimum atomic E-state index is -0.353. The van der Waals surface area contributed by atoms with Gasteiger partial charge in [-0.3, -0.25) is 14.6 Å². The number of pyridine rings is 1. The van der Waals surface area contributed by atoms with E-state index in [0.717, 1.165) is 31.4 Å². The van der Waals surface area contributed by atoms with Gasteiger partial charge >= 0.3 is 0 Å². The molecule has 0 radical (unpaired) electrons. The highest BCUT2D eigenvalue weighted by Crippen LogP contribution is 2.31. The molecule has 1 N–H and O–H groups in total. The fourth-order valence-corrected chi connectivity index (χ4v) is 4.94. The molecule has 1 aromatic carbocycles. The lowest BCUT2D eigenvalue weighted by molar-refractivity contribution is -0.123. The van der Waals surface area contributed by atoms with Crippen LogP contribution in [-0.2, 0) is 4.79 Å². The SMILES string of the molecule is O=C(CC1CCCC1)NC(c1ccccn1)C1CCCN(C(=O)c2ccc(F)cc2)C1. The Morgan fingerprint density at radius 3 is 2.55 bits per heavy atom. The summed E-state index contributed by atoms with van der Waals surface area (Å²) in [6.45, 7) is 1.21. The third-order valence-electron chi connectivity index (χ3n) is 6.58. The van der Waals surface area contributed by atoms with Gasteiger partial charge in [0.2, 0.25) is 5.91 Å². The van der Waals surface area contributed by atoms with E-state index in [1.807, 2.05) is 23.1 Å². The minimum absolute atomic E-state index is 0.0736. The Balaban J connectivity index is 1.48. The van der Waals surface area contributed by atoms with Gasteiger partial charge in [-0.25, -0.2) is 4.39 Å². The maximum Gasteiger partial charge on any atom is 0.253 e. The van der Waals surface area contributed by atoms with Gasteiger partial charge in [0.15, 0.2) is 0 Å². The molecule has 4 rings (SSSR count). The third-order valence-corrected chi connectivity index (χ3v) is 6.58. The van der Waals surface area contributed by atoms with Gasteiger partial charge in [-0.05, 0) is 68.0 Å². The van der Waals surface area contributed by atoms with Crippen LogP contribution in [0.25, 0.3) is 0 Å². The number of aromatic nitrogens is 1. The Kier molecular flexibility index (Phi) is 6.95. The number of benzene rings is 1. The zero-order valence-corrected chi connectivity index (χ0v) is 17.8. The van der Waals surface area contributed by atoms with Crippen molar-refractivity contribution in [2.75, 3.05) is 13.1 Å². The number of piperidine rings is 1. The topological polar surface area (TPSA) is 62.3 Å². The molecule has 31 heavy (non-hydrogen) atoms. The Bertz CT molecular complexity index is 881. The maximum atomic E-state index is 13.2. The quantitative estimate of drug-likeness (QED) is 0.744. The van der Waals surface area contributed by atoms with Crippen LogP contribution >= 0.6 is 0 Å². The molecule has 1 aliphatic heterocycles. The van der Waals surface area contributed by atoms with E-state index in [9.17, 15) is 14.0 Å². The average molecular weight is 424 g/mol. The van der Waals surface area contributed by atoms with Gasteiger partial charge in [0.05, 0.1) is 11.7 Å². The molecule has 1 aromatic heterocycles. The second-order valence-corrected chi connectivity index (χ2v) is 8.81. The van der Waals surface area contributed by atoms with E-state index in [4.69, 9.17) is 0 Å². The summed E-state index contributed by atoms with van der Waals surface area (Å²) in [5.41, 5.74) is 1.32. The first-order valence-corrected chi connectivity index (χ1v) is 11.4. The van der Waals surface area contributed by atoms with E-state index in [2.05, 4.69) is 10.3 Å². The molecule has 1 saturated carbocycles. The molecule has 2 heterocycles. The number of halogens is 1. The van der Waals surface area contributed by atoms with Crippen molar-refractivity contribution in [3.63, 3.8) is 0 Å². The van der Waals surface area contributed by atoms with Crippen molar-refractivity contribution in [1.82, 2.24) is 15.2 Å². The Morgan fingerprint density at radius 1 is 1.06 bits per heavy atom. The van der Waals surface area contributed by atoms with Crippen molar-refractivity contribution in [3.8, 4) is 0 Å². The van der Waals surface area contributed by atoms with Crippen molar-refractivity contribution in [3.05, 3.63) is 65.7 Å². The van der Waals surface area contributed by atoms with Gasteiger partial charge in [-0.15, -0.1) is 0 Å². The molecule has 1 saturated heterocycles. The van der Waals surface area contributed by atoms with Crippen molar-refractivity contribution in [1.29, 1.82) is 0 Å². The van der Waals surface area contributed by atoms with Crippen LogP contribution in [0.4, 0.5) is 4.39 Å². The highest BCUT2D eigenvalue weighted by atomic mass is 19.1. The van der Waals surface area contributed by atoms with Crippen LogP contribution in [0.1, 0.15) is 67.0 Å². The molecule has 2 aliphatic rings. The fourth-order valence-electron chi connectivity index (χ4n) is 4.94. The number of hydrogen-bond acceptors (Lipinski definition) is 3. The number of carbonyl (C=O) groups excluding carboxylic acids is 2. The molecule has 0 spiro atoms. The summed E-state index contributed by atoms with van der Waals surface area (Å²) in [5.74, 6) is 0.187. The molecular formula is C25H30FN3O2. The summed E-state index contributed by atoms with van der Waals surface area (Å²) < 4.78 is 13.2. The summed E-state index contributed by atoms with van der Waals surface area (Å²) in [6.07, 6.45) is 8.77. The number of nitrogens with zero attached hydrogens (tertiary/aromatic N) is 2. The molecule has 2 atom stereocenters. The van der Waals surface area contributed by atoms with Crippen LogP contribution in [-0.4, -0.2) is 34.8 Å². The van der Waals surface area contributed by atoms with Gasteiger partial charge < -0.3 is 10.2 Å². The first kappa shape index (κ1) is 21.5. The monoisotopic (exact) mass is 423 g/mol. The molecule has 2 unspecified atom stereocenters. The summed E-state index contributed by atoms with van der Waals surface area (Å²) >= 11 is 0. The predicted molar refractivity (Wildman–Crippen MR) is 117 cm³/mol. The Labute approximate surface area is 183 Å². The smallest absolute Gasteiger partial charge is 0.253 e. The number of carbonyl (C=O) groups is 2. The fraction of sp³-hybridized carbons (Fsp3) is 0.480. The molecule has 1 aliphatic carbocycles. The number of amides is 2. The van der Waals surface area contributed by atoms with E-state index in [0.29, 0.717) is 31.0 Å². The second-order valence-electron chi connectivity index (χ2n) is 8.81. The third kappa shape index (κ3) is 5.49. The van der Waals surface area contributed by atoms with Crippen molar-refractivity contribution < 1.29 is 14.0 Å². The zero-order chi connectivity index (χ0) is 21.6. The van der Waals surface area contributed by atoms with E-state index in [-0.39, 0.29) is 29.6 Å². The lowest BCUT2D eigenvalue weighted by atomic mass is 9.87. The average Bonchev–Trinajstić information content (AvgIpc) is 3.31. The number of likely N-dealkylation sites (tertiary alicyclic amines) is 1. The summed E-state index contributed by atoms with van der Waals surface area (Å²) in [4.78, 5) is 32.1. The first-order chi connectivity index (χ1) is 15.1. The molecule has 6 heteroatoms. The minimum Gasteiger partial charge on any atom is -0.347 e. The van der Waals surface area contributed by atoms with E-state index in [1.165, 1.54) is 37.1 Å². The Hall–Kier alpha value is -2.76. The van der Waals surface area contributed by atoms with Gasteiger partial charge in [0, 0.05) is 37.2 Å². The lowest BCUT2D eigenvalue weighted by Gasteiger charge is -2.37. The normalized spacial score (nSPS) is 20.4. The maximum absolute atomic E-state index is 13.2. The van der Waals surface area contributed by atoms with E-state index < -0.39 is 0 Å². The second kappa shape index (κ2) is 10.0. The summed E-state index contributed by atoms with van der Waals surface area (Å²) in [5, 5.41) is 3.25. The zero-order valence-electron chi connectivity index (χ0n) is 17.8. The van der Waals surface area contributed by atoms with Crippen molar-refractivity contribution >= 4 is 11.8 Å². The molecule has 164 valence electrons. The van der Waals surface area contributed by atoms with Crippen LogP contribution in [0.5, 0.6) is 0 Å². The van der Waals surface area contributed by atoms with Gasteiger partial charge in [-0.2, -0.15) is 0 Å². The van der Waals surface area contributed by atoms with Crippen molar-refractivity contribution in [2.24, 2.45) is 11.8 Å². The summed E-state index contributed by atoms with van der Waals surface area (Å²) in [7, 11) is 0. The molecule has 0 bridgehead atoms. The predicted octanol–water partition coefficient (Wildman–Crippen LogP) is 4.51. The first-order valence-electron chi connectivity index (χ1n) is 11.4. The number of nitrogens with one attached hydrogen (secondary N) is 1. The molecule has 2 fully saturated rings. The number of rotatable bonds is 6. The van der Waals surface area contributed by atoms with Crippen LogP contribution in [0.3, 0.4) is 0 Å².